The van der Waals surface area contributed by atoms with Gasteiger partial charge in [-0.3, -0.25) is 4.98 Å². The summed E-state index contributed by atoms with van der Waals surface area (Å²) in [5.41, 5.74) is 4.73. The summed E-state index contributed by atoms with van der Waals surface area (Å²) >= 11 is 0. The molecule has 0 fully saturated rings. The molecule has 1 N–H and O–H groups in total. The minimum Gasteiger partial charge on any atom is -0.338 e. The zero-order valence-corrected chi connectivity index (χ0v) is 11.0. The molecule has 0 aliphatic carbocycles. The number of rotatable bonds is 2. The molecule has 0 bridgehead atoms. The highest BCUT2D eigenvalue weighted by Crippen LogP contribution is 2.24. The Hall–Kier alpha value is -2.93. The van der Waals surface area contributed by atoms with E-state index in [0.29, 0.717) is 5.56 Å². The normalized spacial score (nSPS) is 10.2. The SMILES string of the molecule is Cc1ccncc1-c1cnc(-c2ccc(C#N)cc2)[nH]1. The third-order valence-electron chi connectivity index (χ3n) is 3.19. The predicted molar refractivity (Wildman–Crippen MR) is 76.7 cm³/mol. The van der Waals surface area contributed by atoms with E-state index in [1.54, 1.807) is 24.5 Å². The van der Waals surface area contributed by atoms with E-state index in [1.165, 1.54) is 0 Å². The molecule has 0 saturated carbocycles. The number of hydrogen-bond acceptors (Lipinski definition) is 3. The maximum absolute atomic E-state index is 8.80. The van der Waals surface area contributed by atoms with Crippen molar-refractivity contribution < 1.29 is 0 Å². The summed E-state index contributed by atoms with van der Waals surface area (Å²) < 4.78 is 0. The Bertz CT molecular complexity index is 779. The van der Waals surface area contributed by atoms with Crippen molar-refractivity contribution in [3.05, 3.63) is 60.0 Å². The van der Waals surface area contributed by atoms with E-state index >= 15 is 0 Å². The molecule has 0 aliphatic rings. The second kappa shape index (κ2) is 4.98. The highest BCUT2D eigenvalue weighted by atomic mass is 14.9. The molecular formula is C16H12N4. The number of H-pyrrole nitrogens is 1. The molecule has 4 nitrogen and oxygen atoms in total. The Balaban J connectivity index is 1.98. The highest BCUT2D eigenvalue weighted by molar-refractivity contribution is 5.66. The molecule has 0 radical (unpaired) electrons. The first-order chi connectivity index (χ1) is 9.78. The van der Waals surface area contributed by atoms with Gasteiger partial charge in [-0.2, -0.15) is 5.26 Å². The lowest BCUT2D eigenvalue weighted by Crippen LogP contribution is -1.85. The maximum atomic E-state index is 8.80. The molecule has 2 aromatic heterocycles. The van der Waals surface area contributed by atoms with E-state index in [1.807, 2.05) is 31.3 Å². The van der Waals surface area contributed by atoms with Crippen LogP contribution in [0.5, 0.6) is 0 Å². The Morgan fingerprint density at radius 3 is 2.60 bits per heavy atom. The third kappa shape index (κ3) is 2.17. The molecule has 20 heavy (non-hydrogen) atoms. The molecule has 0 saturated heterocycles. The fourth-order valence-electron chi connectivity index (χ4n) is 2.05. The van der Waals surface area contributed by atoms with Gasteiger partial charge in [-0.15, -0.1) is 0 Å². The maximum Gasteiger partial charge on any atom is 0.137 e. The van der Waals surface area contributed by atoms with Gasteiger partial charge in [0.1, 0.15) is 5.82 Å². The lowest BCUT2D eigenvalue weighted by molar-refractivity contribution is 1.26. The zero-order valence-electron chi connectivity index (χ0n) is 11.0. The number of aromatic nitrogens is 3. The van der Waals surface area contributed by atoms with Crippen LogP contribution in [-0.4, -0.2) is 15.0 Å². The second-order valence-corrected chi connectivity index (χ2v) is 4.53. The van der Waals surface area contributed by atoms with Crippen LogP contribution in [0.1, 0.15) is 11.1 Å². The van der Waals surface area contributed by atoms with Crippen LogP contribution in [-0.2, 0) is 0 Å². The summed E-state index contributed by atoms with van der Waals surface area (Å²) in [4.78, 5) is 11.8. The lowest BCUT2D eigenvalue weighted by atomic mass is 10.1. The van der Waals surface area contributed by atoms with Crippen LogP contribution >= 0.6 is 0 Å². The molecule has 0 spiro atoms. The number of nitrogens with one attached hydrogen (secondary N) is 1. The minimum absolute atomic E-state index is 0.642. The Morgan fingerprint density at radius 2 is 1.90 bits per heavy atom. The van der Waals surface area contributed by atoms with E-state index in [2.05, 4.69) is 21.0 Å². The van der Waals surface area contributed by atoms with E-state index in [0.717, 1.165) is 28.2 Å². The summed E-state index contributed by atoms with van der Waals surface area (Å²) in [5, 5.41) is 8.80. The number of aryl methyl sites for hydroxylation is 1. The fraction of sp³-hybridized carbons (Fsp3) is 0.0625. The first-order valence-corrected chi connectivity index (χ1v) is 6.24. The smallest absolute Gasteiger partial charge is 0.137 e. The molecule has 0 amide bonds. The molecule has 3 aromatic rings. The quantitative estimate of drug-likeness (QED) is 0.768. The molecule has 0 unspecified atom stereocenters. The van der Waals surface area contributed by atoms with E-state index in [-0.39, 0.29) is 0 Å². The summed E-state index contributed by atoms with van der Waals surface area (Å²) in [5.74, 6) is 0.785. The summed E-state index contributed by atoms with van der Waals surface area (Å²) in [6.45, 7) is 2.04. The van der Waals surface area contributed by atoms with Gasteiger partial charge < -0.3 is 4.98 Å². The van der Waals surface area contributed by atoms with Gasteiger partial charge in [-0.05, 0) is 42.8 Å². The van der Waals surface area contributed by atoms with Crippen LogP contribution in [0.3, 0.4) is 0 Å². The van der Waals surface area contributed by atoms with Crippen LogP contribution < -0.4 is 0 Å². The molecule has 2 heterocycles. The van der Waals surface area contributed by atoms with E-state index < -0.39 is 0 Å². The van der Waals surface area contributed by atoms with Crippen LogP contribution in [0.2, 0.25) is 0 Å². The number of hydrogen-bond donors (Lipinski definition) is 1. The van der Waals surface area contributed by atoms with Gasteiger partial charge in [0.2, 0.25) is 0 Å². The van der Waals surface area contributed by atoms with Crippen molar-refractivity contribution >= 4 is 0 Å². The predicted octanol–water partition coefficient (Wildman–Crippen LogP) is 3.32. The number of nitrogens with zero attached hydrogens (tertiary/aromatic N) is 3. The standard InChI is InChI=1S/C16H12N4/c1-11-6-7-18-9-14(11)15-10-19-16(20-15)13-4-2-12(8-17)3-5-13/h2-7,9-10H,1H3,(H,19,20). The van der Waals surface area contributed by atoms with Gasteiger partial charge in [0.05, 0.1) is 23.5 Å². The van der Waals surface area contributed by atoms with Crippen molar-refractivity contribution in [2.45, 2.75) is 6.92 Å². The van der Waals surface area contributed by atoms with Crippen molar-refractivity contribution in [1.29, 1.82) is 5.26 Å². The molecular weight excluding hydrogens is 248 g/mol. The number of pyridine rings is 1. The van der Waals surface area contributed by atoms with Crippen LogP contribution in [0.15, 0.2) is 48.9 Å². The van der Waals surface area contributed by atoms with Crippen molar-refractivity contribution in [3.63, 3.8) is 0 Å². The Labute approximate surface area is 116 Å². The third-order valence-corrected chi connectivity index (χ3v) is 3.19. The number of aromatic amines is 1. The molecule has 0 atom stereocenters. The van der Waals surface area contributed by atoms with E-state index in [9.17, 15) is 0 Å². The summed E-state index contributed by atoms with van der Waals surface area (Å²) in [7, 11) is 0. The van der Waals surface area contributed by atoms with Crippen molar-refractivity contribution in [3.8, 4) is 28.7 Å². The van der Waals surface area contributed by atoms with Crippen molar-refractivity contribution in [2.24, 2.45) is 0 Å². The van der Waals surface area contributed by atoms with Crippen LogP contribution in [0.4, 0.5) is 0 Å². The van der Waals surface area contributed by atoms with Crippen molar-refractivity contribution in [2.75, 3.05) is 0 Å². The topological polar surface area (TPSA) is 65.4 Å². The molecule has 4 heteroatoms. The Kier molecular flexibility index (Phi) is 3.02. The average Bonchev–Trinajstić information content (AvgIpc) is 2.97. The number of imidazole rings is 1. The monoisotopic (exact) mass is 260 g/mol. The van der Waals surface area contributed by atoms with Gasteiger partial charge in [0.25, 0.3) is 0 Å². The van der Waals surface area contributed by atoms with Gasteiger partial charge in [-0.1, -0.05) is 0 Å². The molecule has 0 aliphatic heterocycles. The number of benzene rings is 1. The fourth-order valence-corrected chi connectivity index (χ4v) is 2.05. The van der Waals surface area contributed by atoms with Crippen LogP contribution in [0.25, 0.3) is 22.6 Å². The van der Waals surface area contributed by atoms with Gasteiger partial charge in [0.15, 0.2) is 0 Å². The first kappa shape index (κ1) is 12.1. The Morgan fingerprint density at radius 1 is 1.10 bits per heavy atom. The summed E-state index contributed by atoms with van der Waals surface area (Å²) in [6, 6.07) is 11.4. The largest absolute Gasteiger partial charge is 0.338 e. The zero-order chi connectivity index (χ0) is 13.9. The minimum atomic E-state index is 0.642. The first-order valence-electron chi connectivity index (χ1n) is 6.24. The highest BCUT2D eigenvalue weighted by Gasteiger charge is 2.07. The van der Waals surface area contributed by atoms with Crippen molar-refractivity contribution in [1.82, 2.24) is 15.0 Å². The molecule has 96 valence electrons. The van der Waals surface area contributed by atoms with Gasteiger partial charge in [-0.25, -0.2) is 4.98 Å². The average molecular weight is 260 g/mol. The van der Waals surface area contributed by atoms with Crippen LogP contribution in [0, 0.1) is 18.3 Å². The lowest BCUT2D eigenvalue weighted by Gasteiger charge is -2.01. The molecule has 1 aromatic carbocycles. The summed E-state index contributed by atoms with van der Waals surface area (Å²) in [6.07, 6.45) is 5.40. The molecule has 3 rings (SSSR count). The van der Waals surface area contributed by atoms with E-state index in [4.69, 9.17) is 5.26 Å². The van der Waals surface area contributed by atoms with Gasteiger partial charge in [0, 0.05) is 23.5 Å². The number of nitriles is 1. The van der Waals surface area contributed by atoms with Gasteiger partial charge >= 0.3 is 0 Å². The second-order valence-electron chi connectivity index (χ2n) is 4.53.